The minimum atomic E-state index is -1.24. The number of carboxylic acid groups (broad SMARTS) is 1. The van der Waals surface area contributed by atoms with Gasteiger partial charge in [0.15, 0.2) is 11.5 Å². The van der Waals surface area contributed by atoms with Gasteiger partial charge in [-0.3, -0.25) is 0 Å². The highest BCUT2D eigenvalue weighted by Crippen LogP contribution is 2.31. The molecule has 0 aromatic heterocycles. The molecule has 0 saturated heterocycles. The van der Waals surface area contributed by atoms with E-state index >= 15 is 0 Å². The second kappa shape index (κ2) is 7.50. The van der Waals surface area contributed by atoms with Crippen LogP contribution in [-0.2, 0) is 12.8 Å². The predicted molar refractivity (Wildman–Crippen MR) is 84.4 cm³/mol. The van der Waals surface area contributed by atoms with Gasteiger partial charge in [0.05, 0.1) is 0 Å². The number of carbonyl (C=O) groups is 1. The number of unbranched alkanes of at least 4 members (excludes halogenated alkanes) is 2. The first-order valence-corrected chi connectivity index (χ1v) is 7.40. The van der Waals surface area contributed by atoms with E-state index in [2.05, 4.69) is 12.1 Å². The summed E-state index contributed by atoms with van der Waals surface area (Å²) in [7, 11) is 0. The van der Waals surface area contributed by atoms with Gasteiger partial charge in [-0.05, 0) is 48.9 Å². The van der Waals surface area contributed by atoms with Crippen LogP contribution in [0.2, 0.25) is 0 Å². The third kappa shape index (κ3) is 4.25. The van der Waals surface area contributed by atoms with Crippen molar-refractivity contribution in [1.29, 1.82) is 0 Å². The van der Waals surface area contributed by atoms with Crippen molar-refractivity contribution in [2.24, 2.45) is 0 Å². The zero-order valence-corrected chi connectivity index (χ0v) is 12.3. The van der Waals surface area contributed by atoms with Crippen LogP contribution in [0.3, 0.4) is 0 Å². The third-order valence-electron chi connectivity index (χ3n) is 3.65. The average Bonchev–Trinajstić information content (AvgIpc) is 2.51. The van der Waals surface area contributed by atoms with E-state index in [1.54, 1.807) is 0 Å². The Bertz CT molecular complexity index is 635. The van der Waals surface area contributed by atoms with Crippen LogP contribution in [0, 0.1) is 0 Å². The molecule has 0 atom stereocenters. The Kier molecular flexibility index (Phi) is 5.42. The zero-order valence-electron chi connectivity index (χ0n) is 12.3. The largest absolute Gasteiger partial charge is 0.504 e. The molecule has 0 radical (unpaired) electrons. The Morgan fingerprint density at radius 3 is 2.14 bits per heavy atom. The lowest BCUT2D eigenvalue weighted by Crippen LogP contribution is -1.99. The highest BCUT2D eigenvalue weighted by Gasteiger charge is 2.14. The fourth-order valence-corrected chi connectivity index (χ4v) is 2.46. The van der Waals surface area contributed by atoms with E-state index in [4.69, 9.17) is 5.11 Å². The first kappa shape index (κ1) is 15.9. The molecule has 116 valence electrons. The van der Waals surface area contributed by atoms with Crippen molar-refractivity contribution in [3.05, 3.63) is 59.2 Å². The molecule has 0 aliphatic heterocycles. The van der Waals surface area contributed by atoms with E-state index in [9.17, 15) is 15.0 Å². The molecule has 0 spiro atoms. The standard InChI is InChI=1S/C18H20O4/c19-16-12-14(11-15(17(16)20)18(21)22)10-6-2-5-9-13-7-3-1-4-8-13/h1,3-4,7-8,11-12,19-20H,2,5-6,9-10H2,(H,21,22). The second-order valence-electron chi connectivity index (χ2n) is 5.36. The Morgan fingerprint density at radius 1 is 0.864 bits per heavy atom. The highest BCUT2D eigenvalue weighted by molar-refractivity contribution is 5.92. The van der Waals surface area contributed by atoms with Gasteiger partial charge in [-0.15, -0.1) is 0 Å². The molecule has 2 aromatic rings. The lowest BCUT2D eigenvalue weighted by Gasteiger charge is -2.07. The molecule has 22 heavy (non-hydrogen) atoms. The summed E-state index contributed by atoms with van der Waals surface area (Å²) >= 11 is 0. The number of phenols is 2. The molecule has 2 aromatic carbocycles. The molecule has 3 N–H and O–H groups in total. The number of hydrogen-bond acceptors (Lipinski definition) is 3. The number of aromatic carboxylic acids is 1. The molecule has 2 rings (SSSR count). The summed E-state index contributed by atoms with van der Waals surface area (Å²) in [5, 5.41) is 28.0. The summed E-state index contributed by atoms with van der Waals surface area (Å²) in [6.45, 7) is 0. The monoisotopic (exact) mass is 300 g/mol. The maximum absolute atomic E-state index is 11.0. The van der Waals surface area contributed by atoms with E-state index in [1.807, 2.05) is 18.2 Å². The summed E-state index contributed by atoms with van der Waals surface area (Å²) in [4.78, 5) is 11.0. The van der Waals surface area contributed by atoms with Crippen molar-refractivity contribution in [3.63, 3.8) is 0 Å². The SMILES string of the molecule is O=C(O)c1cc(CCCCCc2ccccc2)cc(O)c1O. The minimum absolute atomic E-state index is 0.251. The summed E-state index contributed by atoms with van der Waals surface area (Å²) < 4.78 is 0. The first-order chi connectivity index (χ1) is 10.6. The van der Waals surface area contributed by atoms with Gasteiger partial charge >= 0.3 is 5.97 Å². The van der Waals surface area contributed by atoms with Crippen LogP contribution in [0.1, 0.15) is 40.7 Å². The Morgan fingerprint density at radius 2 is 1.50 bits per heavy atom. The van der Waals surface area contributed by atoms with Gasteiger partial charge in [0.1, 0.15) is 5.56 Å². The Hall–Kier alpha value is -2.49. The molecule has 0 fully saturated rings. The van der Waals surface area contributed by atoms with E-state index in [0.717, 1.165) is 31.2 Å². The van der Waals surface area contributed by atoms with Crippen LogP contribution in [0.25, 0.3) is 0 Å². The molecule has 0 amide bonds. The maximum atomic E-state index is 11.0. The zero-order chi connectivity index (χ0) is 15.9. The molecule has 0 unspecified atom stereocenters. The molecule has 0 aliphatic carbocycles. The topological polar surface area (TPSA) is 77.8 Å². The molecule has 0 bridgehead atoms. The smallest absolute Gasteiger partial charge is 0.339 e. The predicted octanol–water partition coefficient (Wildman–Crippen LogP) is 3.75. The van der Waals surface area contributed by atoms with Crippen LogP contribution in [0.5, 0.6) is 11.5 Å². The number of benzene rings is 2. The van der Waals surface area contributed by atoms with Crippen molar-refractivity contribution in [3.8, 4) is 11.5 Å². The van der Waals surface area contributed by atoms with E-state index in [0.29, 0.717) is 6.42 Å². The van der Waals surface area contributed by atoms with E-state index < -0.39 is 11.7 Å². The van der Waals surface area contributed by atoms with Gasteiger partial charge < -0.3 is 15.3 Å². The van der Waals surface area contributed by atoms with Crippen molar-refractivity contribution < 1.29 is 20.1 Å². The minimum Gasteiger partial charge on any atom is -0.504 e. The van der Waals surface area contributed by atoms with E-state index in [1.165, 1.54) is 17.7 Å². The lowest BCUT2D eigenvalue weighted by molar-refractivity contribution is 0.0693. The molecular weight excluding hydrogens is 280 g/mol. The van der Waals surface area contributed by atoms with Crippen molar-refractivity contribution in [2.45, 2.75) is 32.1 Å². The Labute approximate surface area is 129 Å². The van der Waals surface area contributed by atoms with Crippen molar-refractivity contribution >= 4 is 5.97 Å². The van der Waals surface area contributed by atoms with Gasteiger partial charge in [-0.2, -0.15) is 0 Å². The van der Waals surface area contributed by atoms with Gasteiger partial charge in [-0.1, -0.05) is 36.8 Å². The van der Waals surface area contributed by atoms with E-state index in [-0.39, 0.29) is 11.3 Å². The molecule has 0 heterocycles. The first-order valence-electron chi connectivity index (χ1n) is 7.40. The third-order valence-corrected chi connectivity index (χ3v) is 3.65. The fourth-order valence-electron chi connectivity index (χ4n) is 2.46. The van der Waals surface area contributed by atoms with Crippen LogP contribution >= 0.6 is 0 Å². The average molecular weight is 300 g/mol. The maximum Gasteiger partial charge on any atom is 0.339 e. The summed E-state index contributed by atoms with van der Waals surface area (Å²) in [6, 6.07) is 13.1. The van der Waals surface area contributed by atoms with Gasteiger partial charge in [0.25, 0.3) is 0 Å². The van der Waals surface area contributed by atoms with Crippen molar-refractivity contribution in [1.82, 2.24) is 0 Å². The number of carboxylic acids is 1. The number of aryl methyl sites for hydroxylation is 2. The van der Waals surface area contributed by atoms with Crippen LogP contribution < -0.4 is 0 Å². The lowest BCUT2D eigenvalue weighted by atomic mass is 10.0. The normalized spacial score (nSPS) is 10.5. The van der Waals surface area contributed by atoms with Crippen LogP contribution in [-0.4, -0.2) is 21.3 Å². The number of phenolic OH excluding ortho intramolecular Hbond substituents is 1. The molecule has 4 heteroatoms. The molecular formula is C18H20O4. The van der Waals surface area contributed by atoms with Crippen LogP contribution in [0.4, 0.5) is 0 Å². The number of hydrogen-bond donors (Lipinski definition) is 3. The molecule has 4 nitrogen and oxygen atoms in total. The Balaban J connectivity index is 1.83. The van der Waals surface area contributed by atoms with Gasteiger partial charge in [0.2, 0.25) is 0 Å². The molecule has 0 aliphatic rings. The summed E-state index contributed by atoms with van der Waals surface area (Å²) in [5.74, 6) is -2.18. The van der Waals surface area contributed by atoms with Gasteiger partial charge in [0, 0.05) is 0 Å². The van der Waals surface area contributed by atoms with Gasteiger partial charge in [-0.25, -0.2) is 4.79 Å². The van der Waals surface area contributed by atoms with Crippen molar-refractivity contribution in [2.75, 3.05) is 0 Å². The fraction of sp³-hybridized carbons (Fsp3) is 0.278. The number of rotatable bonds is 7. The molecule has 0 saturated carbocycles. The summed E-state index contributed by atoms with van der Waals surface area (Å²) in [5.41, 5.74) is 1.80. The van der Waals surface area contributed by atoms with Crippen LogP contribution in [0.15, 0.2) is 42.5 Å². The number of aromatic hydroxyl groups is 2. The highest BCUT2D eigenvalue weighted by atomic mass is 16.4. The second-order valence-corrected chi connectivity index (χ2v) is 5.36. The quantitative estimate of drug-likeness (QED) is 0.537. The summed E-state index contributed by atoms with van der Waals surface area (Å²) in [6.07, 6.45) is 4.72.